The molecule has 0 unspecified atom stereocenters. The highest BCUT2D eigenvalue weighted by atomic mass is 35.5. The van der Waals surface area contributed by atoms with Gasteiger partial charge in [-0.05, 0) is 43.4 Å². The normalized spacial score (nSPS) is 10.2. The lowest BCUT2D eigenvalue weighted by atomic mass is 10.2. The number of amides is 1. The maximum Gasteiger partial charge on any atom is 0.238 e. The second kappa shape index (κ2) is 7.06. The molecule has 2 rings (SSSR count). The number of carbonyl (C=O) groups excluding carboxylic acids is 1. The molecule has 6 heteroatoms. The minimum absolute atomic E-state index is 0.0731. The monoisotopic (exact) mass is 308 g/mol. The van der Waals surface area contributed by atoms with E-state index < -0.39 is 5.82 Å². The van der Waals surface area contributed by atoms with Gasteiger partial charge in [-0.15, -0.1) is 0 Å². The molecule has 0 aromatic heterocycles. The second-order valence-electron chi connectivity index (χ2n) is 4.28. The fourth-order valence-electron chi connectivity index (χ4n) is 1.66. The zero-order valence-electron chi connectivity index (χ0n) is 11.3. The number of hydrogen-bond acceptors (Lipinski definition) is 3. The summed E-state index contributed by atoms with van der Waals surface area (Å²) in [6.07, 6.45) is 0. The van der Waals surface area contributed by atoms with Crippen molar-refractivity contribution in [3.05, 3.63) is 53.3 Å². The summed E-state index contributed by atoms with van der Waals surface area (Å²) >= 11 is 5.77. The number of nitrogens with one attached hydrogen (secondary N) is 2. The summed E-state index contributed by atoms with van der Waals surface area (Å²) in [6, 6.07) is 10.8. The third kappa shape index (κ3) is 4.44. The van der Waals surface area contributed by atoms with Crippen molar-refractivity contribution in [1.29, 1.82) is 0 Å². The highest BCUT2D eigenvalue weighted by Gasteiger charge is 2.08. The molecule has 1 amide bonds. The Labute approximate surface area is 126 Å². The van der Waals surface area contributed by atoms with Crippen LogP contribution >= 0.6 is 11.6 Å². The van der Waals surface area contributed by atoms with E-state index in [1.165, 1.54) is 12.1 Å². The lowest BCUT2D eigenvalue weighted by Crippen LogP contribution is -2.25. The summed E-state index contributed by atoms with van der Waals surface area (Å²) in [5.41, 5.74) is 0.371. The first-order chi connectivity index (χ1) is 10.1. The van der Waals surface area contributed by atoms with Gasteiger partial charge in [0.2, 0.25) is 5.91 Å². The Morgan fingerprint density at radius 1 is 1.24 bits per heavy atom. The van der Waals surface area contributed by atoms with Crippen LogP contribution in [-0.2, 0) is 4.79 Å². The van der Waals surface area contributed by atoms with Gasteiger partial charge in [-0.2, -0.15) is 0 Å². The van der Waals surface area contributed by atoms with Gasteiger partial charge in [0.05, 0.1) is 6.54 Å². The zero-order valence-corrected chi connectivity index (χ0v) is 12.1. The predicted octanol–water partition coefficient (Wildman–Crippen LogP) is 3.43. The molecule has 2 aromatic rings. The van der Waals surface area contributed by atoms with Crippen molar-refractivity contribution < 1.29 is 13.9 Å². The van der Waals surface area contributed by atoms with Gasteiger partial charge in [0, 0.05) is 16.8 Å². The first-order valence-electron chi connectivity index (χ1n) is 6.26. The quantitative estimate of drug-likeness (QED) is 0.889. The third-order valence-corrected chi connectivity index (χ3v) is 2.85. The molecule has 2 aromatic carbocycles. The minimum Gasteiger partial charge on any atom is -0.454 e. The Morgan fingerprint density at radius 3 is 2.57 bits per heavy atom. The van der Waals surface area contributed by atoms with Crippen molar-refractivity contribution in [3.63, 3.8) is 0 Å². The van der Waals surface area contributed by atoms with Crippen molar-refractivity contribution in [3.8, 4) is 11.5 Å². The average molecular weight is 309 g/mol. The SMILES string of the molecule is CNCC(=O)Nc1ccc(Oc2ccc(Cl)cc2)c(F)c1. The standard InChI is InChI=1S/C15H14ClFN2O2/c1-18-9-15(20)19-11-4-7-14(13(17)8-11)21-12-5-2-10(16)3-6-12/h2-8,18H,9H2,1H3,(H,19,20). The molecule has 0 saturated heterocycles. The summed E-state index contributed by atoms with van der Waals surface area (Å²) in [5.74, 6) is -0.260. The highest BCUT2D eigenvalue weighted by molar-refractivity contribution is 6.30. The molecular formula is C15H14ClFN2O2. The van der Waals surface area contributed by atoms with Crippen LogP contribution in [0.3, 0.4) is 0 Å². The van der Waals surface area contributed by atoms with Crippen LogP contribution in [0.15, 0.2) is 42.5 Å². The van der Waals surface area contributed by atoms with Gasteiger partial charge >= 0.3 is 0 Å². The number of carbonyl (C=O) groups is 1. The van der Waals surface area contributed by atoms with Gasteiger partial charge in [-0.1, -0.05) is 11.6 Å². The number of anilines is 1. The molecule has 4 nitrogen and oxygen atoms in total. The van der Waals surface area contributed by atoms with Crippen molar-refractivity contribution in [2.75, 3.05) is 18.9 Å². The van der Waals surface area contributed by atoms with Crippen LogP contribution in [0.2, 0.25) is 5.02 Å². The van der Waals surface area contributed by atoms with Crippen LogP contribution in [0.4, 0.5) is 10.1 Å². The van der Waals surface area contributed by atoms with E-state index in [0.717, 1.165) is 0 Å². The smallest absolute Gasteiger partial charge is 0.238 e. The zero-order chi connectivity index (χ0) is 15.2. The van der Waals surface area contributed by atoms with E-state index in [9.17, 15) is 9.18 Å². The van der Waals surface area contributed by atoms with Crippen LogP contribution in [0.1, 0.15) is 0 Å². The number of hydrogen-bond donors (Lipinski definition) is 2. The van der Waals surface area contributed by atoms with Gasteiger partial charge in [0.25, 0.3) is 0 Å². The van der Waals surface area contributed by atoms with E-state index in [0.29, 0.717) is 16.5 Å². The molecule has 0 aliphatic rings. The Hall–Kier alpha value is -2.11. The number of halogens is 2. The topological polar surface area (TPSA) is 50.4 Å². The van der Waals surface area contributed by atoms with E-state index >= 15 is 0 Å². The van der Waals surface area contributed by atoms with Gasteiger partial charge in [-0.25, -0.2) is 4.39 Å². The largest absolute Gasteiger partial charge is 0.454 e. The summed E-state index contributed by atoms with van der Waals surface area (Å²) in [5, 5.41) is 5.85. The Bertz CT molecular complexity index is 632. The molecule has 110 valence electrons. The summed E-state index contributed by atoms with van der Waals surface area (Å²) < 4.78 is 19.3. The van der Waals surface area contributed by atoms with E-state index in [4.69, 9.17) is 16.3 Å². The Morgan fingerprint density at radius 2 is 1.95 bits per heavy atom. The molecule has 0 bridgehead atoms. The lowest BCUT2D eigenvalue weighted by molar-refractivity contribution is -0.115. The molecule has 0 atom stereocenters. The van der Waals surface area contributed by atoms with E-state index in [2.05, 4.69) is 10.6 Å². The van der Waals surface area contributed by atoms with Crippen LogP contribution < -0.4 is 15.4 Å². The van der Waals surface area contributed by atoms with Crippen LogP contribution in [0.5, 0.6) is 11.5 Å². The number of ether oxygens (including phenoxy) is 1. The first-order valence-corrected chi connectivity index (χ1v) is 6.63. The fourth-order valence-corrected chi connectivity index (χ4v) is 1.78. The minimum atomic E-state index is -0.563. The molecule has 0 aliphatic heterocycles. The molecular weight excluding hydrogens is 295 g/mol. The van der Waals surface area contributed by atoms with E-state index in [1.807, 2.05) is 0 Å². The fraction of sp³-hybridized carbons (Fsp3) is 0.133. The van der Waals surface area contributed by atoms with E-state index in [1.54, 1.807) is 37.4 Å². The van der Waals surface area contributed by atoms with Crippen molar-refractivity contribution in [1.82, 2.24) is 5.32 Å². The number of benzene rings is 2. The average Bonchev–Trinajstić information content (AvgIpc) is 2.44. The molecule has 0 saturated carbocycles. The Balaban J connectivity index is 2.08. The van der Waals surface area contributed by atoms with Gasteiger partial charge in [0.1, 0.15) is 5.75 Å². The second-order valence-corrected chi connectivity index (χ2v) is 4.72. The van der Waals surface area contributed by atoms with Crippen molar-refractivity contribution >= 4 is 23.2 Å². The first kappa shape index (κ1) is 15.3. The van der Waals surface area contributed by atoms with E-state index in [-0.39, 0.29) is 18.2 Å². The summed E-state index contributed by atoms with van der Waals surface area (Å²) in [7, 11) is 1.66. The molecule has 0 spiro atoms. The summed E-state index contributed by atoms with van der Waals surface area (Å²) in [6.45, 7) is 0.157. The summed E-state index contributed by atoms with van der Waals surface area (Å²) in [4.78, 5) is 11.4. The number of rotatable bonds is 5. The van der Waals surface area contributed by atoms with Crippen LogP contribution in [0, 0.1) is 5.82 Å². The molecule has 0 fully saturated rings. The maximum absolute atomic E-state index is 13.9. The van der Waals surface area contributed by atoms with Gasteiger partial charge in [0.15, 0.2) is 11.6 Å². The number of likely N-dealkylation sites (N-methyl/N-ethyl adjacent to an activating group) is 1. The predicted molar refractivity (Wildman–Crippen MR) is 80.5 cm³/mol. The molecule has 0 radical (unpaired) electrons. The van der Waals surface area contributed by atoms with Gasteiger partial charge in [-0.3, -0.25) is 4.79 Å². The van der Waals surface area contributed by atoms with Gasteiger partial charge < -0.3 is 15.4 Å². The maximum atomic E-state index is 13.9. The Kier molecular flexibility index (Phi) is 5.14. The lowest BCUT2D eigenvalue weighted by Gasteiger charge is -2.09. The third-order valence-electron chi connectivity index (χ3n) is 2.59. The molecule has 0 heterocycles. The van der Waals surface area contributed by atoms with Crippen molar-refractivity contribution in [2.45, 2.75) is 0 Å². The van der Waals surface area contributed by atoms with Crippen LogP contribution in [0.25, 0.3) is 0 Å². The molecule has 2 N–H and O–H groups in total. The highest BCUT2D eigenvalue weighted by Crippen LogP contribution is 2.27. The van der Waals surface area contributed by atoms with Crippen molar-refractivity contribution in [2.24, 2.45) is 0 Å². The molecule has 0 aliphatic carbocycles. The molecule has 21 heavy (non-hydrogen) atoms. The van der Waals surface area contributed by atoms with Crippen LogP contribution in [-0.4, -0.2) is 19.5 Å².